The van der Waals surface area contributed by atoms with Crippen LogP contribution in [0.4, 0.5) is 5.69 Å². The number of pyridine rings is 1. The average molecular weight is 444 g/mol. The van der Waals surface area contributed by atoms with Gasteiger partial charge in [0.05, 0.1) is 23.9 Å². The van der Waals surface area contributed by atoms with Crippen LogP contribution in [0.3, 0.4) is 0 Å². The molecule has 1 saturated heterocycles. The lowest BCUT2D eigenvalue weighted by molar-refractivity contribution is -0.127. The smallest absolute Gasteiger partial charge is 0.227 e. The average Bonchev–Trinajstić information content (AvgIpc) is 3.21. The van der Waals surface area contributed by atoms with E-state index >= 15 is 0 Å². The van der Waals surface area contributed by atoms with Crippen LogP contribution in [0, 0.1) is 12.8 Å². The molecule has 168 valence electrons. The van der Waals surface area contributed by atoms with Crippen LogP contribution in [0.25, 0.3) is 0 Å². The molecular formula is C26H27N4O3+. The van der Waals surface area contributed by atoms with Gasteiger partial charge in [0, 0.05) is 36.6 Å². The number of aryl methyl sites for hydroxylation is 1. The molecule has 0 radical (unpaired) electrons. The molecule has 1 aliphatic heterocycles. The molecule has 7 nitrogen and oxygen atoms in total. The summed E-state index contributed by atoms with van der Waals surface area (Å²) in [5, 5.41) is 19.8. The van der Waals surface area contributed by atoms with Gasteiger partial charge in [-0.1, -0.05) is 36.4 Å². The molecule has 2 aromatic carbocycles. The molecular weight excluding hydrogens is 416 g/mol. The van der Waals surface area contributed by atoms with Crippen LogP contribution < -0.4 is 15.6 Å². The van der Waals surface area contributed by atoms with Crippen molar-refractivity contribution < 1.29 is 20.1 Å². The highest BCUT2D eigenvalue weighted by atomic mass is 16.3. The van der Waals surface area contributed by atoms with Gasteiger partial charge in [-0.3, -0.25) is 20.0 Å². The molecule has 7 heteroatoms. The van der Waals surface area contributed by atoms with Gasteiger partial charge in [-0.2, -0.15) is 0 Å². The zero-order valence-corrected chi connectivity index (χ0v) is 18.4. The Balaban J connectivity index is 1.53. The lowest BCUT2D eigenvalue weighted by Gasteiger charge is -2.22. The number of aromatic nitrogens is 1. The van der Waals surface area contributed by atoms with Crippen LogP contribution in [-0.2, 0) is 9.59 Å². The third kappa shape index (κ3) is 4.92. The molecule has 2 amide bonds. The number of carbonyl (C=O) groups excluding carboxylic acids is 2. The number of nitrogens with two attached hydrogens (primary N) is 1. The Morgan fingerprint density at radius 2 is 1.94 bits per heavy atom. The van der Waals surface area contributed by atoms with Crippen molar-refractivity contribution in [3.63, 3.8) is 0 Å². The van der Waals surface area contributed by atoms with Gasteiger partial charge in [-0.15, -0.1) is 0 Å². The Hall–Kier alpha value is -4.00. The van der Waals surface area contributed by atoms with E-state index in [0.717, 1.165) is 16.8 Å². The molecule has 0 saturated carbocycles. The number of carbonyl (C=O) groups is 2. The monoisotopic (exact) mass is 443 g/mol. The van der Waals surface area contributed by atoms with E-state index in [4.69, 9.17) is 5.41 Å². The van der Waals surface area contributed by atoms with E-state index < -0.39 is 12.0 Å². The minimum Gasteiger partial charge on any atom is -0.508 e. The van der Waals surface area contributed by atoms with Crippen molar-refractivity contribution in [3.05, 3.63) is 89.7 Å². The molecule has 33 heavy (non-hydrogen) atoms. The minimum atomic E-state index is -0.554. The molecule has 4 N–H and O–H groups in total. The molecule has 1 aliphatic rings. The SMILES string of the molecule is Cc1ccccc1N1CC(C(=O)NC(CC(=[NH2+])c2cccnc2)c2ccccc2O)CC1=O. The molecule has 0 bridgehead atoms. The number of anilines is 1. The summed E-state index contributed by atoms with van der Waals surface area (Å²) in [6.45, 7) is 2.26. The van der Waals surface area contributed by atoms with Crippen LogP contribution >= 0.6 is 0 Å². The summed E-state index contributed by atoms with van der Waals surface area (Å²) in [5.41, 5.74) is 3.68. The number of hydrogen-bond donors (Lipinski definition) is 3. The summed E-state index contributed by atoms with van der Waals surface area (Å²) >= 11 is 0. The third-order valence-corrected chi connectivity index (χ3v) is 5.99. The number of nitrogens with zero attached hydrogens (tertiary/aromatic N) is 2. The lowest BCUT2D eigenvalue weighted by atomic mass is 9.96. The zero-order valence-electron chi connectivity index (χ0n) is 18.4. The quantitative estimate of drug-likeness (QED) is 0.485. The molecule has 0 spiro atoms. The first-order chi connectivity index (χ1) is 15.9. The van der Waals surface area contributed by atoms with Crippen LogP contribution in [0.2, 0.25) is 0 Å². The standard InChI is InChI=1S/C26H26N4O3/c1-17-7-2-4-10-23(17)30-16-19(13-25(30)32)26(33)29-22(20-9-3-5-11-24(20)31)14-21(27)18-8-6-12-28-15-18/h2-12,15,19,22,27,31H,13-14,16H2,1H3,(H,29,33)/p+1. The number of aromatic hydroxyl groups is 1. The summed E-state index contributed by atoms with van der Waals surface area (Å²) < 4.78 is 0. The highest BCUT2D eigenvalue weighted by molar-refractivity contribution is 6.01. The van der Waals surface area contributed by atoms with Crippen LogP contribution in [0.15, 0.2) is 73.1 Å². The topological polar surface area (TPSA) is 108 Å². The third-order valence-electron chi connectivity index (χ3n) is 5.99. The number of benzene rings is 2. The van der Waals surface area contributed by atoms with E-state index in [2.05, 4.69) is 10.3 Å². The van der Waals surface area contributed by atoms with Crippen molar-refractivity contribution in [2.24, 2.45) is 5.92 Å². The Kier molecular flexibility index (Phi) is 6.49. The molecule has 0 aliphatic carbocycles. The van der Waals surface area contributed by atoms with Gasteiger partial charge in [0.1, 0.15) is 5.75 Å². The minimum absolute atomic E-state index is 0.0748. The normalized spacial score (nSPS) is 16.5. The largest absolute Gasteiger partial charge is 0.508 e. The second-order valence-electron chi connectivity index (χ2n) is 8.28. The number of para-hydroxylation sites is 2. The number of phenolic OH excluding ortho intramolecular Hbond substituents is 1. The summed E-state index contributed by atoms with van der Waals surface area (Å²) in [6.07, 6.45) is 3.75. The molecule has 1 aromatic heterocycles. The van der Waals surface area contributed by atoms with Crippen molar-refractivity contribution in [2.75, 3.05) is 11.4 Å². The Labute approximate surface area is 192 Å². The van der Waals surface area contributed by atoms with E-state index in [1.165, 1.54) is 0 Å². The van der Waals surface area contributed by atoms with Gasteiger partial charge in [0.2, 0.25) is 11.8 Å². The van der Waals surface area contributed by atoms with Gasteiger partial charge in [-0.05, 0) is 36.8 Å². The number of nitrogens with one attached hydrogen (secondary N) is 1. The summed E-state index contributed by atoms with van der Waals surface area (Å²) in [4.78, 5) is 31.7. The first-order valence-electron chi connectivity index (χ1n) is 10.9. The predicted molar refractivity (Wildman–Crippen MR) is 126 cm³/mol. The summed E-state index contributed by atoms with van der Waals surface area (Å²) in [7, 11) is 0. The molecule has 3 aromatic rings. The van der Waals surface area contributed by atoms with E-state index in [-0.39, 0.29) is 30.4 Å². The Morgan fingerprint density at radius 3 is 2.67 bits per heavy atom. The van der Waals surface area contributed by atoms with Crippen LogP contribution in [-0.4, -0.2) is 34.2 Å². The number of phenols is 1. The Morgan fingerprint density at radius 1 is 1.18 bits per heavy atom. The molecule has 2 atom stereocenters. The lowest BCUT2D eigenvalue weighted by Crippen LogP contribution is -2.44. The fourth-order valence-corrected chi connectivity index (χ4v) is 4.18. The van der Waals surface area contributed by atoms with Crippen molar-refractivity contribution in [3.8, 4) is 5.75 Å². The second-order valence-corrected chi connectivity index (χ2v) is 8.28. The maximum absolute atomic E-state index is 13.2. The van der Waals surface area contributed by atoms with Crippen LogP contribution in [0.1, 0.15) is 35.6 Å². The van der Waals surface area contributed by atoms with Gasteiger partial charge >= 0.3 is 0 Å². The zero-order chi connectivity index (χ0) is 23.4. The number of amides is 2. The Bertz CT molecular complexity index is 1180. The second kappa shape index (κ2) is 9.65. The molecule has 2 heterocycles. The van der Waals surface area contributed by atoms with Crippen LogP contribution in [0.5, 0.6) is 5.75 Å². The first-order valence-corrected chi connectivity index (χ1v) is 10.9. The molecule has 4 rings (SSSR count). The van der Waals surface area contributed by atoms with Crippen molar-refractivity contribution in [1.82, 2.24) is 10.3 Å². The summed E-state index contributed by atoms with van der Waals surface area (Å²) in [5.74, 6) is -0.743. The highest BCUT2D eigenvalue weighted by Gasteiger charge is 2.37. The maximum atomic E-state index is 13.2. The fraction of sp³-hybridized carbons (Fsp3) is 0.231. The van der Waals surface area contributed by atoms with E-state index in [9.17, 15) is 14.7 Å². The van der Waals surface area contributed by atoms with Crippen molar-refractivity contribution in [1.29, 1.82) is 0 Å². The molecule has 2 unspecified atom stereocenters. The van der Waals surface area contributed by atoms with Gasteiger partial charge in [0.25, 0.3) is 0 Å². The van der Waals surface area contributed by atoms with E-state index in [1.54, 1.807) is 47.6 Å². The van der Waals surface area contributed by atoms with E-state index in [0.29, 0.717) is 17.8 Å². The predicted octanol–water partition coefficient (Wildman–Crippen LogP) is 1.94. The van der Waals surface area contributed by atoms with Gasteiger partial charge < -0.3 is 15.3 Å². The van der Waals surface area contributed by atoms with E-state index in [1.807, 2.05) is 37.3 Å². The number of hydrogen-bond acceptors (Lipinski definition) is 4. The first kappa shape index (κ1) is 22.2. The van der Waals surface area contributed by atoms with Crippen molar-refractivity contribution >= 4 is 23.2 Å². The summed E-state index contributed by atoms with van der Waals surface area (Å²) in [6, 6.07) is 17.6. The molecule has 1 fully saturated rings. The maximum Gasteiger partial charge on any atom is 0.227 e. The van der Waals surface area contributed by atoms with Gasteiger partial charge in [0.15, 0.2) is 5.71 Å². The van der Waals surface area contributed by atoms with Crippen molar-refractivity contribution in [2.45, 2.75) is 25.8 Å². The van der Waals surface area contributed by atoms with Gasteiger partial charge in [-0.25, -0.2) is 0 Å². The highest BCUT2D eigenvalue weighted by Crippen LogP contribution is 2.30. The number of rotatable bonds is 7. The fourth-order valence-electron chi connectivity index (χ4n) is 4.18.